The van der Waals surface area contributed by atoms with Gasteiger partial charge in [-0.3, -0.25) is 0 Å². The first-order valence-corrected chi connectivity index (χ1v) is 5.54. The summed E-state index contributed by atoms with van der Waals surface area (Å²) in [6, 6.07) is 7.78. The van der Waals surface area contributed by atoms with Gasteiger partial charge in [0.1, 0.15) is 5.82 Å². The van der Waals surface area contributed by atoms with Gasteiger partial charge in [-0.25, -0.2) is 9.97 Å². The first-order valence-electron chi connectivity index (χ1n) is 5.16. The maximum atomic E-state index is 6.19. The highest BCUT2D eigenvalue weighted by atomic mass is 35.5. The second kappa shape index (κ2) is 4.22. The van der Waals surface area contributed by atoms with Crippen LogP contribution in [0.5, 0.6) is 0 Å². The molecule has 0 radical (unpaired) electrons. The van der Waals surface area contributed by atoms with Gasteiger partial charge in [0.05, 0.1) is 0 Å². The van der Waals surface area contributed by atoms with Gasteiger partial charge < -0.3 is 0 Å². The van der Waals surface area contributed by atoms with Crippen LogP contribution < -0.4 is 0 Å². The van der Waals surface area contributed by atoms with Crippen LogP contribution in [0, 0.1) is 20.8 Å². The van der Waals surface area contributed by atoms with E-state index >= 15 is 0 Å². The largest absolute Gasteiger partial charge is 0.238 e. The van der Waals surface area contributed by atoms with Crippen LogP contribution in [-0.4, -0.2) is 9.97 Å². The van der Waals surface area contributed by atoms with Gasteiger partial charge in [0.25, 0.3) is 0 Å². The third kappa shape index (κ3) is 1.93. The van der Waals surface area contributed by atoms with Crippen molar-refractivity contribution >= 4 is 11.6 Å². The highest BCUT2D eigenvalue weighted by Crippen LogP contribution is 2.31. The van der Waals surface area contributed by atoms with Gasteiger partial charge in [0.2, 0.25) is 0 Å². The second-order valence-electron chi connectivity index (χ2n) is 3.80. The van der Waals surface area contributed by atoms with Crippen LogP contribution in [0.25, 0.3) is 11.1 Å². The number of rotatable bonds is 1. The van der Waals surface area contributed by atoms with Crippen molar-refractivity contribution in [1.29, 1.82) is 0 Å². The molecule has 0 bridgehead atoms. The fraction of sp³-hybridized carbons (Fsp3) is 0.231. The molecule has 82 valence electrons. The van der Waals surface area contributed by atoms with Crippen LogP contribution in [0.2, 0.25) is 5.02 Å². The molecule has 0 N–H and O–H groups in total. The van der Waals surface area contributed by atoms with Crippen molar-refractivity contribution in [3.8, 4) is 11.1 Å². The Labute approximate surface area is 100 Å². The molecule has 0 aliphatic rings. The lowest BCUT2D eigenvalue weighted by molar-refractivity contribution is 0.981. The number of hydrogen-bond acceptors (Lipinski definition) is 2. The molecule has 0 amide bonds. The molecule has 2 nitrogen and oxygen atoms in total. The molecule has 1 heterocycles. The number of aromatic nitrogens is 2. The number of nitrogens with zero attached hydrogens (tertiary/aromatic N) is 2. The van der Waals surface area contributed by atoms with E-state index in [1.54, 1.807) is 0 Å². The lowest BCUT2D eigenvalue weighted by Gasteiger charge is -2.10. The third-order valence-electron chi connectivity index (χ3n) is 2.53. The third-order valence-corrected chi connectivity index (χ3v) is 2.86. The van der Waals surface area contributed by atoms with Gasteiger partial charge in [0, 0.05) is 27.5 Å². The Morgan fingerprint density at radius 2 is 1.50 bits per heavy atom. The molecule has 3 heteroatoms. The Kier molecular flexibility index (Phi) is 2.92. The Hall–Kier alpha value is -1.41. The van der Waals surface area contributed by atoms with Crippen LogP contribution in [0.15, 0.2) is 24.3 Å². The summed E-state index contributed by atoms with van der Waals surface area (Å²) in [4.78, 5) is 8.76. The molecule has 2 rings (SSSR count). The molecule has 0 atom stereocenters. The Morgan fingerprint density at radius 3 is 2.06 bits per heavy atom. The zero-order valence-corrected chi connectivity index (χ0v) is 10.3. The Balaban J connectivity index is 2.70. The average Bonchev–Trinajstić information content (AvgIpc) is 2.19. The lowest BCUT2D eigenvalue weighted by atomic mass is 10.0. The standard InChI is InChI=1S/C13H13ClN2/c1-8-13(9(2)16-10(3)15-8)11-6-4-5-7-12(11)14/h4-7H,1-3H3. The predicted molar refractivity (Wildman–Crippen MR) is 66.7 cm³/mol. The summed E-state index contributed by atoms with van der Waals surface area (Å²) in [6.07, 6.45) is 0. The summed E-state index contributed by atoms with van der Waals surface area (Å²) in [5.41, 5.74) is 3.98. The molecular weight excluding hydrogens is 220 g/mol. The summed E-state index contributed by atoms with van der Waals surface area (Å²) >= 11 is 6.19. The van der Waals surface area contributed by atoms with Crippen LogP contribution >= 0.6 is 11.6 Å². The number of halogens is 1. The van der Waals surface area contributed by atoms with E-state index in [-0.39, 0.29) is 0 Å². The first-order chi connectivity index (χ1) is 7.59. The molecule has 0 saturated carbocycles. The lowest BCUT2D eigenvalue weighted by Crippen LogP contribution is -1.99. The van der Waals surface area contributed by atoms with E-state index in [4.69, 9.17) is 11.6 Å². The fourth-order valence-electron chi connectivity index (χ4n) is 1.94. The highest BCUT2D eigenvalue weighted by Gasteiger charge is 2.11. The zero-order chi connectivity index (χ0) is 11.7. The fourth-order valence-corrected chi connectivity index (χ4v) is 2.17. The van der Waals surface area contributed by atoms with Gasteiger partial charge in [-0.15, -0.1) is 0 Å². The summed E-state index contributed by atoms with van der Waals surface area (Å²) in [5, 5.41) is 0.737. The molecule has 0 spiro atoms. The quantitative estimate of drug-likeness (QED) is 0.749. The predicted octanol–water partition coefficient (Wildman–Crippen LogP) is 3.72. The van der Waals surface area contributed by atoms with E-state index in [0.29, 0.717) is 0 Å². The maximum Gasteiger partial charge on any atom is 0.125 e. The summed E-state index contributed by atoms with van der Waals surface area (Å²) in [7, 11) is 0. The molecule has 2 aromatic rings. The van der Waals surface area contributed by atoms with E-state index in [1.165, 1.54) is 0 Å². The van der Waals surface area contributed by atoms with Crippen LogP contribution in [0.1, 0.15) is 17.2 Å². The summed E-state index contributed by atoms with van der Waals surface area (Å²) in [5.74, 6) is 0.797. The Bertz CT molecular complexity index is 512. The van der Waals surface area contributed by atoms with Crippen molar-refractivity contribution in [3.05, 3.63) is 46.5 Å². The van der Waals surface area contributed by atoms with Gasteiger partial charge in [-0.1, -0.05) is 29.8 Å². The number of benzene rings is 1. The van der Waals surface area contributed by atoms with Gasteiger partial charge in [-0.05, 0) is 26.8 Å². The highest BCUT2D eigenvalue weighted by molar-refractivity contribution is 6.33. The molecule has 0 unspecified atom stereocenters. The van der Waals surface area contributed by atoms with Crippen molar-refractivity contribution in [2.75, 3.05) is 0 Å². The topological polar surface area (TPSA) is 25.8 Å². The first kappa shape index (κ1) is 11.1. The number of hydrogen-bond donors (Lipinski definition) is 0. The molecule has 1 aromatic heterocycles. The van der Waals surface area contributed by atoms with Crippen LogP contribution in [0.4, 0.5) is 0 Å². The molecule has 1 aromatic carbocycles. The monoisotopic (exact) mass is 232 g/mol. The SMILES string of the molecule is Cc1nc(C)c(-c2ccccc2Cl)c(C)n1. The van der Waals surface area contributed by atoms with Crippen molar-refractivity contribution in [2.45, 2.75) is 20.8 Å². The minimum Gasteiger partial charge on any atom is -0.238 e. The van der Waals surface area contributed by atoms with E-state index in [1.807, 2.05) is 45.0 Å². The van der Waals surface area contributed by atoms with Crippen molar-refractivity contribution < 1.29 is 0 Å². The molecule has 0 aliphatic carbocycles. The second-order valence-corrected chi connectivity index (χ2v) is 4.20. The van der Waals surface area contributed by atoms with E-state index in [9.17, 15) is 0 Å². The average molecular weight is 233 g/mol. The molecular formula is C13H13ClN2. The molecule has 16 heavy (non-hydrogen) atoms. The normalized spacial score (nSPS) is 10.5. The molecule has 0 saturated heterocycles. The maximum absolute atomic E-state index is 6.19. The zero-order valence-electron chi connectivity index (χ0n) is 9.58. The van der Waals surface area contributed by atoms with Gasteiger partial charge in [-0.2, -0.15) is 0 Å². The van der Waals surface area contributed by atoms with E-state index < -0.39 is 0 Å². The van der Waals surface area contributed by atoms with Crippen molar-refractivity contribution in [2.24, 2.45) is 0 Å². The summed E-state index contributed by atoms with van der Waals surface area (Å²) in [6.45, 7) is 5.87. The molecule has 0 aliphatic heterocycles. The minimum absolute atomic E-state index is 0.737. The van der Waals surface area contributed by atoms with Crippen LogP contribution in [-0.2, 0) is 0 Å². The van der Waals surface area contributed by atoms with Crippen molar-refractivity contribution in [1.82, 2.24) is 9.97 Å². The minimum atomic E-state index is 0.737. The van der Waals surface area contributed by atoms with E-state index in [2.05, 4.69) is 9.97 Å². The van der Waals surface area contributed by atoms with E-state index in [0.717, 1.165) is 33.4 Å². The van der Waals surface area contributed by atoms with Gasteiger partial charge in [0.15, 0.2) is 0 Å². The Morgan fingerprint density at radius 1 is 0.938 bits per heavy atom. The smallest absolute Gasteiger partial charge is 0.125 e. The van der Waals surface area contributed by atoms with Crippen LogP contribution in [0.3, 0.4) is 0 Å². The van der Waals surface area contributed by atoms with Gasteiger partial charge >= 0.3 is 0 Å². The number of aryl methyl sites for hydroxylation is 3. The van der Waals surface area contributed by atoms with Crippen molar-refractivity contribution in [3.63, 3.8) is 0 Å². The molecule has 0 fully saturated rings. The summed E-state index contributed by atoms with van der Waals surface area (Å²) < 4.78 is 0.